The van der Waals surface area contributed by atoms with Gasteiger partial charge in [0.1, 0.15) is 12.1 Å². The van der Waals surface area contributed by atoms with Crippen molar-refractivity contribution in [2.24, 2.45) is 17.2 Å². The van der Waals surface area contributed by atoms with Gasteiger partial charge in [-0.3, -0.25) is 14.4 Å². The summed E-state index contributed by atoms with van der Waals surface area (Å²) in [5.74, 6) is -4.59. The average Bonchev–Trinajstić information content (AvgIpc) is 3.23. The number of hydrogen-bond donors (Lipinski definition) is 9. The Bertz CT molecular complexity index is 890. The topological polar surface area (TPSA) is 299 Å². The minimum absolute atomic E-state index is 0.106. The third kappa shape index (κ3) is 8.96. The van der Waals surface area contributed by atoms with E-state index >= 15 is 0 Å². The van der Waals surface area contributed by atoms with Crippen LogP contribution in [0, 0.1) is 0 Å². The monoisotopic (exact) mass is 488 g/mol. The van der Waals surface area contributed by atoms with Crippen LogP contribution in [0.4, 0.5) is 4.79 Å². The fourth-order valence-electron chi connectivity index (χ4n) is 2.58. The van der Waals surface area contributed by atoms with Crippen molar-refractivity contribution < 1.29 is 43.8 Å². The summed E-state index contributed by atoms with van der Waals surface area (Å²) in [4.78, 5) is 62.7. The summed E-state index contributed by atoms with van der Waals surface area (Å²) in [6, 6.07) is -6.44. The first kappa shape index (κ1) is 28.2. The SMILES string of the molecule is CC(O)[C@H](NC(=O)[C@H](CCC(N)=O)NC(=O)N[C@@H](CC(N)=O)c1nc([C@@H](N)CO)no1)C(=O)O. The number of carboxylic acids is 1. The predicted molar refractivity (Wildman–Crippen MR) is 110 cm³/mol. The number of nitrogens with one attached hydrogen (secondary N) is 3. The third-order valence-electron chi connectivity index (χ3n) is 4.34. The van der Waals surface area contributed by atoms with Crippen LogP contribution in [0.5, 0.6) is 0 Å². The van der Waals surface area contributed by atoms with Crippen LogP contribution in [-0.2, 0) is 19.2 Å². The number of aliphatic hydroxyl groups is 2. The van der Waals surface area contributed by atoms with Crippen molar-refractivity contribution in [3.63, 3.8) is 0 Å². The van der Waals surface area contributed by atoms with Gasteiger partial charge >= 0.3 is 12.0 Å². The van der Waals surface area contributed by atoms with Crippen LogP contribution >= 0.6 is 0 Å². The van der Waals surface area contributed by atoms with Crippen molar-refractivity contribution >= 4 is 29.7 Å². The van der Waals surface area contributed by atoms with Gasteiger partial charge in [0.2, 0.25) is 23.6 Å². The number of rotatable bonds is 14. The molecule has 190 valence electrons. The minimum Gasteiger partial charge on any atom is -0.480 e. The largest absolute Gasteiger partial charge is 0.480 e. The Morgan fingerprint density at radius 1 is 1.09 bits per heavy atom. The Morgan fingerprint density at radius 2 is 1.74 bits per heavy atom. The van der Waals surface area contributed by atoms with Gasteiger partial charge in [0.05, 0.1) is 25.2 Å². The van der Waals surface area contributed by atoms with Gasteiger partial charge < -0.3 is 53.0 Å². The number of hydrogen-bond acceptors (Lipinski definition) is 11. The molecular formula is C17H28N8O9. The van der Waals surface area contributed by atoms with E-state index in [4.69, 9.17) is 31.9 Å². The van der Waals surface area contributed by atoms with Crippen molar-refractivity contribution in [2.45, 2.75) is 56.5 Å². The number of aliphatic hydroxyl groups excluding tert-OH is 2. The molecule has 0 spiro atoms. The van der Waals surface area contributed by atoms with Crippen molar-refractivity contribution in [1.29, 1.82) is 0 Å². The van der Waals surface area contributed by atoms with Crippen LogP contribution in [0.25, 0.3) is 0 Å². The highest BCUT2D eigenvalue weighted by Gasteiger charge is 2.31. The molecule has 0 saturated heterocycles. The molecule has 0 radical (unpaired) electrons. The lowest BCUT2D eigenvalue weighted by atomic mass is 10.1. The van der Waals surface area contributed by atoms with E-state index in [1.54, 1.807) is 0 Å². The zero-order valence-electron chi connectivity index (χ0n) is 18.1. The number of aromatic nitrogens is 2. The van der Waals surface area contributed by atoms with E-state index in [9.17, 15) is 29.1 Å². The van der Waals surface area contributed by atoms with E-state index in [2.05, 4.69) is 20.8 Å². The number of primary amides is 2. The van der Waals surface area contributed by atoms with Crippen LogP contribution in [0.3, 0.4) is 0 Å². The number of carbonyl (C=O) groups is 5. The van der Waals surface area contributed by atoms with Crippen molar-refractivity contribution in [1.82, 2.24) is 26.1 Å². The van der Waals surface area contributed by atoms with Crippen molar-refractivity contribution in [3.05, 3.63) is 11.7 Å². The number of carbonyl (C=O) groups excluding carboxylic acids is 4. The molecule has 1 heterocycles. The van der Waals surface area contributed by atoms with Crippen molar-refractivity contribution in [2.75, 3.05) is 6.61 Å². The van der Waals surface area contributed by atoms with Gasteiger partial charge in [0.15, 0.2) is 11.9 Å². The second-order valence-corrected chi connectivity index (χ2v) is 7.24. The molecule has 12 N–H and O–H groups in total. The molecule has 0 fully saturated rings. The maximum Gasteiger partial charge on any atom is 0.328 e. The summed E-state index contributed by atoms with van der Waals surface area (Å²) in [5, 5.41) is 37.8. The van der Waals surface area contributed by atoms with Gasteiger partial charge in [-0.15, -0.1) is 0 Å². The molecule has 0 aromatic carbocycles. The summed E-state index contributed by atoms with van der Waals surface area (Å²) in [6.45, 7) is 0.626. The molecule has 1 unspecified atom stereocenters. The summed E-state index contributed by atoms with van der Waals surface area (Å²) < 4.78 is 4.95. The number of amides is 5. The van der Waals surface area contributed by atoms with E-state index in [1.165, 1.54) is 0 Å². The molecule has 17 heteroatoms. The molecule has 0 bridgehead atoms. The molecule has 0 aliphatic rings. The van der Waals surface area contributed by atoms with Gasteiger partial charge in [0.25, 0.3) is 0 Å². The third-order valence-corrected chi connectivity index (χ3v) is 4.34. The van der Waals surface area contributed by atoms with E-state index in [1.807, 2.05) is 5.32 Å². The van der Waals surface area contributed by atoms with Crippen LogP contribution in [0.1, 0.15) is 50.0 Å². The highest BCUT2D eigenvalue weighted by Crippen LogP contribution is 2.16. The fraction of sp³-hybridized carbons (Fsp3) is 0.588. The second-order valence-electron chi connectivity index (χ2n) is 7.24. The highest BCUT2D eigenvalue weighted by atomic mass is 16.5. The lowest BCUT2D eigenvalue weighted by Crippen LogP contribution is -2.56. The number of carboxylic acid groups (broad SMARTS) is 1. The van der Waals surface area contributed by atoms with Gasteiger partial charge in [0, 0.05) is 6.42 Å². The number of nitrogens with two attached hydrogens (primary N) is 3. The number of nitrogens with zero attached hydrogens (tertiary/aromatic N) is 2. The van der Waals surface area contributed by atoms with E-state index in [0.29, 0.717) is 0 Å². The zero-order chi connectivity index (χ0) is 26.0. The van der Waals surface area contributed by atoms with Gasteiger partial charge in [-0.25, -0.2) is 9.59 Å². The van der Waals surface area contributed by atoms with E-state index in [-0.39, 0.29) is 24.6 Å². The highest BCUT2D eigenvalue weighted by molar-refractivity contribution is 5.91. The molecule has 0 aliphatic carbocycles. The zero-order valence-corrected chi connectivity index (χ0v) is 18.1. The maximum absolute atomic E-state index is 12.5. The van der Waals surface area contributed by atoms with Crippen LogP contribution in [-0.4, -0.2) is 80.0 Å². The second kappa shape index (κ2) is 13.0. The van der Waals surface area contributed by atoms with Crippen LogP contribution in [0.15, 0.2) is 4.52 Å². The van der Waals surface area contributed by atoms with E-state index in [0.717, 1.165) is 6.92 Å². The molecule has 5 amide bonds. The van der Waals surface area contributed by atoms with E-state index < -0.39 is 73.0 Å². The fourth-order valence-corrected chi connectivity index (χ4v) is 2.58. The summed E-state index contributed by atoms with van der Waals surface area (Å²) in [7, 11) is 0. The Morgan fingerprint density at radius 3 is 2.24 bits per heavy atom. The average molecular weight is 488 g/mol. The number of urea groups is 1. The predicted octanol–water partition coefficient (Wildman–Crippen LogP) is -4.14. The molecular weight excluding hydrogens is 460 g/mol. The first-order valence-electron chi connectivity index (χ1n) is 9.90. The van der Waals surface area contributed by atoms with Gasteiger partial charge in [-0.1, -0.05) is 5.16 Å². The molecule has 34 heavy (non-hydrogen) atoms. The Balaban J connectivity index is 3.01. The Hall–Kier alpha value is -3.83. The molecule has 0 aliphatic heterocycles. The lowest BCUT2D eigenvalue weighted by Gasteiger charge is -2.23. The van der Waals surface area contributed by atoms with Crippen LogP contribution < -0.4 is 33.2 Å². The quantitative estimate of drug-likeness (QED) is 0.121. The van der Waals surface area contributed by atoms with Crippen LogP contribution in [0.2, 0.25) is 0 Å². The lowest BCUT2D eigenvalue weighted by molar-refractivity contribution is -0.145. The first-order chi connectivity index (χ1) is 15.8. The normalized spacial score (nSPS) is 15.3. The summed E-state index contributed by atoms with van der Waals surface area (Å²) in [5.41, 5.74) is 15.8. The first-order valence-corrected chi connectivity index (χ1v) is 9.90. The van der Waals surface area contributed by atoms with Gasteiger partial charge in [-0.2, -0.15) is 4.98 Å². The van der Waals surface area contributed by atoms with Gasteiger partial charge in [-0.05, 0) is 13.3 Å². The molecule has 1 aromatic heterocycles. The van der Waals surface area contributed by atoms with Crippen molar-refractivity contribution in [3.8, 4) is 0 Å². The number of aliphatic carboxylic acids is 1. The molecule has 1 rings (SSSR count). The Kier molecular flexibility index (Phi) is 10.8. The molecule has 1 aromatic rings. The Labute approximate surface area is 192 Å². The smallest absolute Gasteiger partial charge is 0.328 e. The maximum atomic E-state index is 12.5. The standard InChI is InChI=1S/C17H28N8O9/c1-6(27)12(16(31)32)23-14(30)8(2-3-10(19)28)21-17(33)22-9(4-11(20)29)15-24-13(25-34-15)7(18)5-26/h6-9,12,26-27H,2-5,18H2,1H3,(H2,19,28)(H2,20,29)(H,23,30)(H,31,32)(H2,21,22,33)/t6?,7-,8-,9-,12-/m0/s1. The molecule has 0 saturated carbocycles. The minimum atomic E-state index is -1.69. The summed E-state index contributed by atoms with van der Waals surface area (Å²) in [6.07, 6.45) is -2.62. The molecule has 17 nitrogen and oxygen atoms in total. The molecule has 5 atom stereocenters. The summed E-state index contributed by atoms with van der Waals surface area (Å²) >= 11 is 0.